The molecule has 1 atom stereocenters. The van der Waals surface area contributed by atoms with Crippen molar-refractivity contribution in [1.82, 2.24) is 4.90 Å². The summed E-state index contributed by atoms with van der Waals surface area (Å²) in [6, 6.07) is 10.2. The van der Waals surface area contributed by atoms with Gasteiger partial charge in [0, 0.05) is 19.2 Å². The van der Waals surface area contributed by atoms with Gasteiger partial charge in [-0.05, 0) is 61.2 Å². The number of hydrogen-bond acceptors (Lipinski definition) is 5. The van der Waals surface area contributed by atoms with Crippen LogP contribution in [0.4, 0.5) is 0 Å². The molecule has 2 aliphatic rings. The van der Waals surface area contributed by atoms with Crippen LogP contribution in [0, 0.1) is 0 Å². The van der Waals surface area contributed by atoms with E-state index >= 15 is 0 Å². The van der Waals surface area contributed by atoms with Crippen molar-refractivity contribution >= 4 is 17.2 Å². The average Bonchev–Trinajstić information content (AvgIpc) is 3.51. The van der Waals surface area contributed by atoms with Crippen LogP contribution < -0.4 is 9.47 Å². The summed E-state index contributed by atoms with van der Waals surface area (Å²) in [4.78, 5) is 16.0. The Labute approximate surface area is 182 Å². The molecule has 2 heterocycles. The summed E-state index contributed by atoms with van der Waals surface area (Å²) in [6.07, 6.45) is 8.07. The van der Waals surface area contributed by atoms with E-state index in [0.29, 0.717) is 24.9 Å². The zero-order valence-corrected chi connectivity index (χ0v) is 18.5. The van der Waals surface area contributed by atoms with E-state index in [0.717, 1.165) is 48.5 Å². The molecule has 1 saturated carbocycles. The lowest BCUT2D eigenvalue weighted by atomic mass is 10.1. The Morgan fingerprint density at radius 3 is 2.67 bits per heavy atom. The first-order chi connectivity index (χ1) is 14.7. The molecule has 2 fully saturated rings. The van der Waals surface area contributed by atoms with Gasteiger partial charge in [0.15, 0.2) is 11.5 Å². The zero-order chi connectivity index (χ0) is 20.8. The molecule has 0 radical (unpaired) electrons. The minimum Gasteiger partial charge on any atom is -0.493 e. The van der Waals surface area contributed by atoms with Crippen LogP contribution in [0.2, 0.25) is 0 Å². The van der Waals surface area contributed by atoms with Gasteiger partial charge in [-0.25, -0.2) is 0 Å². The van der Waals surface area contributed by atoms with Gasteiger partial charge in [0.1, 0.15) is 6.61 Å². The van der Waals surface area contributed by atoms with Crippen molar-refractivity contribution < 1.29 is 19.0 Å². The first-order valence-electron chi connectivity index (χ1n) is 11.0. The predicted octanol–water partition coefficient (Wildman–Crippen LogP) is 5.29. The number of carbonyl (C=O) groups is 1. The number of carbonyl (C=O) groups excluding carboxylic acids is 1. The summed E-state index contributed by atoms with van der Waals surface area (Å²) in [7, 11) is 1.66. The quantitative estimate of drug-likeness (QED) is 0.572. The zero-order valence-electron chi connectivity index (χ0n) is 17.7. The summed E-state index contributed by atoms with van der Waals surface area (Å²) in [5.74, 6) is 1.57. The van der Waals surface area contributed by atoms with Crippen LogP contribution in [0.1, 0.15) is 60.2 Å². The Bertz CT molecular complexity index is 811. The SMILES string of the molecule is COc1cc(CN(C(=O)c2cccs2)C2CCCC2)ccc1OCC1CCCCO1. The fourth-order valence-electron chi connectivity index (χ4n) is 4.37. The number of methoxy groups -OCH3 is 1. The third-order valence-electron chi connectivity index (χ3n) is 6.04. The van der Waals surface area contributed by atoms with E-state index in [-0.39, 0.29) is 12.0 Å². The van der Waals surface area contributed by atoms with Gasteiger partial charge in [-0.1, -0.05) is 25.0 Å². The van der Waals surface area contributed by atoms with Gasteiger partial charge in [-0.3, -0.25) is 4.79 Å². The van der Waals surface area contributed by atoms with Crippen molar-refractivity contribution in [3.8, 4) is 11.5 Å². The summed E-state index contributed by atoms with van der Waals surface area (Å²) in [5, 5.41) is 1.96. The molecule has 1 amide bonds. The molecule has 1 aromatic carbocycles. The van der Waals surface area contributed by atoms with E-state index in [9.17, 15) is 4.79 Å². The minimum atomic E-state index is 0.130. The molecule has 4 rings (SSSR count). The van der Waals surface area contributed by atoms with E-state index in [2.05, 4.69) is 0 Å². The van der Waals surface area contributed by atoms with Crippen LogP contribution in [0.3, 0.4) is 0 Å². The van der Waals surface area contributed by atoms with Crippen LogP contribution in [0.5, 0.6) is 11.5 Å². The molecule has 6 heteroatoms. The average molecular weight is 430 g/mol. The molecule has 5 nitrogen and oxygen atoms in total. The van der Waals surface area contributed by atoms with Crippen LogP contribution in [-0.4, -0.2) is 43.3 Å². The van der Waals surface area contributed by atoms with Crippen molar-refractivity contribution in [2.24, 2.45) is 0 Å². The maximum Gasteiger partial charge on any atom is 0.264 e. The molecular formula is C24H31NO4S. The summed E-state index contributed by atoms with van der Waals surface area (Å²) in [6.45, 7) is 1.95. The summed E-state index contributed by atoms with van der Waals surface area (Å²) in [5.41, 5.74) is 1.06. The lowest BCUT2D eigenvalue weighted by Gasteiger charge is -2.29. The molecule has 1 aliphatic carbocycles. The highest BCUT2D eigenvalue weighted by molar-refractivity contribution is 7.12. The molecule has 1 aliphatic heterocycles. The van der Waals surface area contributed by atoms with Crippen LogP contribution in [-0.2, 0) is 11.3 Å². The maximum atomic E-state index is 13.2. The highest BCUT2D eigenvalue weighted by Gasteiger charge is 2.28. The van der Waals surface area contributed by atoms with Crippen molar-refractivity contribution in [2.75, 3.05) is 20.3 Å². The van der Waals surface area contributed by atoms with Crippen LogP contribution >= 0.6 is 11.3 Å². The van der Waals surface area contributed by atoms with E-state index in [1.807, 2.05) is 40.6 Å². The molecular weight excluding hydrogens is 398 g/mol. The molecule has 30 heavy (non-hydrogen) atoms. The van der Waals surface area contributed by atoms with Gasteiger partial charge in [0.25, 0.3) is 5.91 Å². The van der Waals surface area contributed by atoms with Crippen molar-refractivity contribution in [1.29, 1.82) is 0 Å². The number of nitrogens with zero attached hydrogens (tertiary/aromatic N) is 1. The number of benzene rings is 1. The summed E-state index contributed by atoms with van der Waals surface area (Å²) < 4.78 is 17.4. The molecule has 2 aromatic rings. The van der Waals surface area contributed by atoms with E-state index < -0.39 is 0 Å². The predicted molar refractivity (Wildman–Crippen MR) is 119 cm³/mol. The third kappa shape index (κ3) is 5.16. The first-order valence-corrected chi connectivity index (χ1v) is 11.9. The maximum absolute atomic E-state index is 13.2. The Balaban J connectivity index is 1.46. The van der Waals surface area contributed by atoms with Gasteiger partial charge < -0.3 is 19.1 Å². The number of thiophene rings is 1. The molecule has 0 bridgehead atoms. The van der Waals surface area contributed by atoms with Gasteiger partial charge in [-0.2, -0.15) is 0 Å². The normalized spacial score (nSPS) is 19.6. The van der Waals surface area contributed by atoms with E-state index in [1.54, 1.807) is 7.11 Å². The Morgan fingerprint density at radius 2 is 1.97 bits per heavy atom. The number of amides is 1. The second kappa shape index (κ2) is 10.3. The molecule has 1 saturated heterocycles. The molecule has 1 aromatic heterocycles. The van der Waals surface area contributed by atoms with E-state index in [1.165, 1.54) is 30.6 Å². The van der Waals surface area contributed by atoms with Crippen LogP contribution in [0.15, 0.2) is 35.7 Å². The largest absolute Gasteiger partial charge is 0.493 e. The van der Waals surface area contributed by atoms with Crippen molar-refractivity contribution in [3.05, 3.63) is 46.2 Å². The molecule has 0 spiro atoms. The Kier molecular flexibility index (Phi) is 7.28. The minimum absolute atomic E-state index is 0.130. The topological polar surface area (TPSA) is 48.0 Å². The van der Waals surface area contributed by atoms with E-state index in [4.69, 9.17) is 14.2 Å². The fourth-order valence-corrected chi connectivity index (χ4v) is 5.05. The number of rotatable bonds is 8. The lowest BCUT2D eigenvalue weighted by Crippen LogP contribution is -2.37. The standard InChI is InChI=1S/C24H31NO4S/c1-27-22-15-18(11-12-21(22)29-17-20-9-4-5-13-28-20)16-25(19-7-2-3-8-19)24(26)23-10-6-14-30-23/h6,10-12,14-15,19-20H,2-5,7-9,13,16-17H2,1H3. The molecule has 162 valence electrons. The second-order valence-corrected chi connectivity index (χ2v) is 9.08. The summed E-state index contributed by atoms with van der Waals surface area (Å²) >= 11 is 1.51. The lowest BCUT2D eigenvalue weighted by molar-refractivity contribution is -0.0114. The number of hydrogen-bond donors (Lipinski definition) is 0. The fraction of sp³-hybridized carbons (Fsp3) is 0.542. The van der Waals surface area contributed by atoms with Gasteiger partial charge in [0.05, 0.1) is 18.1 Å². The van der Waals surface area contributed by atoms with Gasteiger partial charge in [-0.15, -0.1) is 11.3 Å². The Hall–Kier alpha value is -2.05. The Morgan fingerprint density at radius 1 is 1.13 bits per heavy atom. The van der Waals surface area contributed by atoms with Gasteiger partial charge in [0.2, 0.25) is 0 Å². The number of ether oxygens (including phenoxy) is 3. The molecule has 0 N–H and O–H groups in total. The second-order valence-electron chi connectivity index (χ2n) is 8.13. The monoisotopic (exact) mass is 429 g/mol. The third-order valence-corrected chi connectivity index (χ3v) is 6.90. The first kappa shape index (κ1) is 21.2. The highest BCUT2D eigenvalue weighted by atomic mass is 32.1. The van der Waals surface area contributed by atoms with Gasteiger partial charge >= 0.3 is 0 Å². The molecule has 1 unspecified atom stereocenters. The van der Waals surface area contributed by atoms with Crippen molar-refractivity contribution in [2.45, 2.75) is 63.6 Å². The van der Waals surface area contributed by atoms with Crippen LogP contribution in [0.25, 0.3) is 0 Å². The highest BCUT2D eigenvalue weighted by Crippen LogP contribution is 2.32. The van der Waals surface area contributed by atoms with Crippen molar-refractivity contribution in [3.63, 3.8) is 0 Å². The smallest absolute Gasteiger partial charge is 0.264 e.